The molecule has 0 bridgehead atoms. The molecule has 2 rings (SSSR count). The number of nitrogens with zero attached hydrogens (tertiary/aromatic N) is 5. The second kappa shape index (κ2) is 20.5. The number of carbonyl (C=O) groups excluding carboxylic acids is 1. The van der Waals surface area contributed by atoms with Gasteiger partial charge in [-0.15, -0.1) is 0 Å². The summed E-state index contributed by atoms with van der Waals surface area (Å²) in [6.07, 6.45) is 10.3. The number of amides is 2. The van der Waals surface area contributed by atoms with E-state index in [1.165, 1.54) is 0 Å². The molecule has 2 amide bonds. The van der Waals surface area contributed by atoms with Gasteiger partial charge in [-0.05, 0) is 78.2 Å². The molecule has 14 heteroatoms. The van der Waals surface area contributed by atoms with Crippen molar-refractivity contribution in [1.82, 2.24) is 30.4 Å². The molecule has 14 nitrogen and oxygen atoms in total. The van der Waals surface area contributed by atoms with Gasteiger partial charge in [0.1, 0.15) is 5.82 Å². The summed E-state index contributed by atoms with van der Waals surface area (Å²) in [6.45, 7) is 6.16. The molecule has 1 aliphatic rings. The number of aromatic nitrogens is 2. The van der Waals surface area contributed by atoms with Crippen molar-refractivity contribution in [3.05, 3.63) is 34.5 Å². The maximum Gasteiger partial charge on any atom is 0.349 e. The molecule has 1 atom stereocenters. The summed E-state index contributed by atoms with van der Waals surface area (Å²) >= 11 is 0. The minimum absolute atomic E-state index is 0.102. The van der Waals surface area contributed by atoms with Gasteiger partial charge in [-0.3, -0.25) is 19.9 Å². The van der Waals surface area contributed by atoms with E-state index in [9.17, 15) is 9.59 Å². The first-order valence-electron chi connectivity index (χ1n) is 15.0. The summed E-state index contributed by atoms with van der Waals surface area (Å²) in [4.78, 5) is 39.9. The maximum atomic E-state index is 12.6. The summed E-state index contributed by atoms with van der Waals surface area (Å²) in [6, 6.07) is 1.51. The zero-order valence-electron chi connectivity index (χ0n) is 25.4. The monoisotopic (exact) mass is 588 g/mol. The smallest absolute Gasteiger partial charge is 0.349 e. The maximum absolute atomic E-state index is 12.6. The standard InChI is InChI=1S/C28H52N12O2/c1-39(2)21-18-32-16-17-34-23-8-10-24(11-9-23)36-27(41)37-25-12-20-40(28(42)38-25)19-4-7-22(33-15-5-13-29)6-3-14-35-26(30)31/h10,12,20,22,32-33H,3-9,11,13-19,21,29H2,1-2H3,(H4,30,31,35)(H2,36,37,38,41,42). The van der Waals surface area contributed by atoms with Gasteiger partial charge in [0, 0.05) is 62.8 Å². The fraction of sp³-hybridized carbons (Fsp3) is 0.679. The van der Waals surface area contributed by atoms with Crippen LogP contribution in [0.2, 0.25) is 0 Å². The third kappa shape index (κ3) is 15.6. The van der Waals surface area contributed by atoms with Gasteiger partial charge in [-0.25, -0.2) is 9.59 Å². The highest BCUT2D eigenvalue weighted by Gasteiger charge is 2.13. The van der Waals surface area contributed by atoms with Crippen molar-refractivity contribution in [3.8, 4) is 0 Å². The van der Waals surface area contributed by atoms with E-state index in [-0.39, 0.29) is 17.8 Å². The zero-order valence-corrected chi connectivity index (χ0v) is 25.4. The van der Waals surface area contributed by atoms with Crippen molar-refractivity contribution in [2.24, 2.45) is 27.2 Å². The van der Waals surface area contributed by atoms with Crippen LogP contribution in [0.3, 0.4) is 0 Å². The Morgan fingerprint density at radius 2 is 1.90 bits per heavy atom. The number of allylic oxidation sites excluding steroid dienone is 2. The molecule has 42 heavy (non-hydrogen) atoms. The fourth-order valence-corrected chi connectivity index (χ4v) is 4.47. The van der Waals surface area contributed by atoms with Crippen molar-refractivity contribution in [2.45, 2.75) is 64.0 Å². The number of urea groups is 1. The van der Waals surface area contributed by atoms with Crippen molar-refractivity contribution >= 4 is 23.5 Å². The number of nitrogens with two attached hydrogens (primary N) is 3. The molecule has 1 aromatic rings. The van der Waals surface area contributed by atoms with Crippen LogP contribution in [0, 0.1) is 0 Å². The molecular formula is C28H52N12O2. The Balaban J connectivity index is 1.74. The van der Waals surface area contributed by atoms with Gasteiger partial charge >= 0.3 is 11.7 Å². The minimum atomic E-state index is -0.413. The average Bonchev–Trinajstić information content (AvgIpc) is 2.94. The normalized spacial score (nSPS) is 15.0. The lowest BCUT2D eigenvalue weighted by Crippen LogP contribution is -2.33. The molecule has 0 saturated heterocycles. The predicted octanol–water partition coefficient (Wildman–Crippen LogP) is 0.166. The molecule has 236 valence electrons. The Kier molecular flexibility index (Phi) is 17.0. The van der Waals surface area contributed by atoms with Crippen LogP contribution in [0.1, 0.15) is 51.4 Å². The summed E-state index contributed by atoms with van der Waals surface area (Å²) in [5.74, 6) is 0.320. The quantitative estimate of drug-likeness (QED) is 0.0628. The molecule has 1 heterocycles. The molecular weight excluding hydrogens is 536 g/mol. The summed E-state index contributed by atoms with van der Waals surface area (Å²) in [5.41, 5.74) is 18.0. The van der Waals surface area contributed by atoms with Crippen LogP contribution in [0.25, 0.3) is 0 Å². The molecule has 1 aromatic heterocycles. The number of aryl methyl sites for hydroxylation is 1. The van der Waals surface area contributed by atoms with E-state index in [2.05, 4.69) is 55.2 Å². The molecule has 0 aromatic carbocycles. The number of guanidine groups is 1. The van der Waals surface area contributed by atoms with Gasteiger partial charge < -0.3 is 38.1 Å². The minimum Gasteiger partial charge on any atom is -0.370 e. The highest BCUT2D eigenvalue weighted by Crippen LogP contribution is 2.14. The summed E-state index contributed by atoms with van der Waals surface area (Å²) in [5, 5.41) is 12.4. The van der Waals surface area contributed by atoms with E-state index in [4.69, 9.17) is 17.2 Å². The Morgan fingerprint density at radius 1 is 1.10 bits per heavy atom. The number of aliphatic imine (C=N–C) groups is 2. The lowest BCUT2D eigenvalue weighted by molar-refractivity contribution is 0.254. The lowest BCUT2D eigenvalue weighted by Gasteiger charge is -2.19. The zero-order chi connectivity index (χ0) is 30.6. The summed E-state index contributed by atoms with van der Waals surface area (Å²) in [7, 11) is 4.11. The molecule has 0 spiro atoms. The Morgan fingerprint density at radius 3 is 2.60 bits per heavy atom. The summed E-state index contributed by atoms with van der Waals surface area (Å²) < 4.78 is 1.56. The topological polar surface area (TPSA) is 206 Å². The van der Waals surface area contributed by atoms with Crippen LogP contribution >= 0.6 is 0 Å². The molecule has 0 radical (unpaired) electrons. The van der Waals surface area contributed by atoms with Crippen LogP contribution in [-0.4, -0.2) is 98.1 Å². The number of likely N-dealkylation sites (N-methyl/N-ethyl adjacent to an activating group) is 1. The molecule has 0 fully saturated rings. The molecule has 0 aliphatic heterocycles. The molecule has 1 aliphatic carbocycles. The Hall–Kier alpha value is -3.33. The van der Waals surface area contributed by atoms with E-state index < -0.39 is 11.7 Å². The number of nitrogens with one attached hydrogen (secondary N) is 4. The number of carbonyl (C=O) groups is 1. The van der Waals surface area contributed by atoms with Crippen LogP contribution in [0.5, 0.6) is 0 Å². The van der Waals surface area contributed by atoms with Gasteiger partial charge in [0.25, 0.3) is 0 Å². The first-order valence-corrected chi connectivity index (χ1v) is 15.0. The van der Waals surface area contributed by atoms with E-state index in [1.807, 2.05) is 6.08 Å². The van der Waals surface area contributed by atoms with Crippen LogP contribution in [0.15, 0.2) is 38.8 Å². The highest BCUT2D eigenvalue weighted by atomic mass is 16.2. The molecule has 0 saturated carbocycles. The first-order chi connectivity index (χ1) is 20.3. The fourth-order valence-electron chi connectivity index (χ4n) is 4.47. The van der Waals surface area contributed by atoms with E-state index in [0.29, 0.717) is 26.1 Å². The second-order valence-electron chi connectivity index (χ2n) is 10.7. The van der Waals surface area contributed by atoms with Gasteiger partial charge in [0.05, 0.1) is 6.54 Å². The SMILES string of the molecule is CN(C)CCNCCN=C1CC=C(NC(=O)Nc2ccn(CCCC(CCCN=C(N)N)NCCCN)c(=O)n2)CC1. The van der Waals surface area contributed by atoms with Crippen molar-refractivity contribution < 1.29 is 4.79 Å². The third-order valence-electron chi connectivity index (χ3n) is 6.79. The molecule has 1 unspecified atom stereocenters. The second-order valence-corrected chi connectivity index (χ2v) is 10.7. The van der Waals surface area contributed by atoms with Crippen molar-refractivity contribution in [2.75, 3.05) is 65.2 Å². The first kappa shape index (κ1) is 34.9. The van der Waals surface area contributed by atoms with Crippen molar-refractivity contribution in [3.63, 3.8) is 0 Å². The van der Waals surface area contributed by atoms with Gasteiger partial charge in [0.2, 0.25) is 0 Å². The molecule has 10 N–H and O–H groups in total. The number of anilines is 1. The number of rotatable bonds is 20. The largest absolute Gasteiger partial charge is 0.370 e. The van der Waals surface area contributed by atoms with E-state index in [0.717, 1.165) is 89.1 Å². The van der Waals surface area contributed by atoms with Gasteiger partial charge in [0.15, 0.2) is 5.96 Å². The highest BCUT2D eigenvalue weighted by molar-refractivity contribution is 5.91. The average molecular weight is 589 g/mol. The van der Waals surface area contributed by atoms with E-state index >= 15 is 0 Å². The van der Waals surface area contributed by atoms with Gasteiger partial charge in [-0.2, -0.15) is 4.98 Å². The predicted molar refractivity (Wildman–Crippen MR) is 171 cm³/mol. The Labute approximate surface area is 249 Å². The lowest BCUT2D eigenvalue weighted by atomic mass is 10.0. The number of hydrogen-bond donors (Lipinski definition) is 7. The van der Waals surface area contributed by atoms with Crippen LogP contribution in [0.4, 0.5) is 10.6 Å². The van der Waals surface area contributed by atoms with Crippen molar-refractivity contribution in [1.29, 1.82) is 0 Å². The van der Waals surface area contributed by atoms with Gasteiger partial charge in [-0.1, -0.05) is 6.08 Å². The van der Waals surface area contributed by atoms with E-state index in [1.54, 1.807) is 16.8 Å². The Bertz CT molecular complexity index is 1080. The number of hydrogen-bond acceptors (Lipinski definition) is 9. The third-order valence-corrected chi connectivity index (χ3v) is 6.79. The van der Waals surface area contributed by atoms with Crippen LogP contribution in [-0.2, 0) is 6.54 Å². The van der Waals surface area contributed by atoms with Crippen LogP contribution < -0.4 is 44.2 Å².